The Labute approximate surface area is 69.5 Å². The van der Waals surface area contributed by atoms with E-state index in [0.717, 1.165) is 12.1 Å². The van der Waals surface area contributed by atoms with Gasteiger partial charge in [0.1, 0.15) is 0 Å². The minimum absolute atomic E-state index is 1.10. The van der Waals surface area contributed by atoms with Gasteiger partial charge in [-0.2, -0.15) is 0 Å². The summed E-state index contributed by atoms with van der Waals surface area (Å²) in [6, 6.07) is 0. The Morgan fingerprint density at radius 3 is 2.73 bits per heavy atom. The van der Waals surface area contributed by atoms with Crippen LogP contribution < -0.4 is 0 Å². The predicted molar refractivity (Wildman–Crippen MR) is 52.0 cm³/mol. The molecule has 0 rings (SSSR count). The number of rotatable bonds is 4. The van der Waals surface area contributed by atoms with E-state index in [1.165, 1.54) is 6.42 Å². The largest absolute Gasteiger partial charge is 0.262 e. The Bertz CT molecular complexity index is 164. The third-order valence-corrected chi connectivity index (χ3v) is 1.29. The number of nitrogens with zero attached hydrogens (tertiary/aromatic N) is 1. The fraction of sp³-hybridized carbons (Fsp3) is 0.500. The van der Waals surface area contributed by atoms with Crippen molar-refractivity contribution < 1.29 is 0 Å². The molecule has 0 saturated carbocycles. The van der Waals surface area contributed by atoms with Gasteiger partial charge in [-0.1, -0.05) is 25.5 Å². The first-order chi connectivity index (χ1) is 5.31. The van der Waals surface area contributed by atoms with E-state index in [2.05, 4.69) is 18.0 Å². The highest BCUT2D eigenvalue weighted by molar-refractivity contribution is 5.71. The lowest BCUT2D eigenvalue weighted by Gasteiger charge is -1.89. The van der Waals surface area contributed by atoms with Crippen molar-refractivity contribution in [2.24, 2.45) is 4.99 Å². The summed E-state index contributed by atoms with van der Waals surface area (Å²) in [7, 11) is 0. The summed E-state index contributed by atoms with van der Waals surface area (Å²) in [5.41, 5.74) is 1.10. The van der Waals surface area contributed by atoms with E-state index in [1.807, 2.05) is 32.2 Å². The van der Waals surface area contributed by atoms with Gasteiger partial charge in [-0.3, -0.25) is 4.99 Å². The molecule has 0 aromatic heterocycles. The molecule has 0 aliphatic heterocycles. The smallest absolute Gasteiger partial charge is 0.0332 e. The number of hydrogen-bond donors (Lipinski definition) is 0. The highest BCUT2D eigenvalue weighted by atomic mass is 14.7. The standard InChI is InChI=1S/C10H17N/c1-4-6-8-10(3)11-9-7-5-2/h5,7-9H,4,6H2,1-3H3/b7-5-,10-8+,11-9+. The van der Waals surface area contributed by atoms with Crippen molar-refractivity contribution in [2.75, 3.05) is 0 Å². The van der Waals surface area contributed by atoms with Crippen molar-refractivity contribution in [1.29, 1.82) is 0 Å². The molecular formula is C10H17N. The molecule has 0 aliphatic rings. The molecule has 1 nitrogen and oxygen atoms in total. The third-order valence-electron chi connectivity index (χ3n) is 1.29. The van der Waals surface area contributed by atoms with E-state index in [4.69, 9.17) is 0 Å². The van der Waals surface area contributed by atoms with Crippen LogP contribution in [0.3, 0.4) is 0 Å². The first kappa shape index (κ1) is 10.2. The van der Waals surface area contributed by atoms with Gasteiger partial charge >= 0.3 is 0 Å². The van der Waals surface area contributed by atoms with Crippen molar-refractivity contribution in [1.82, 2.24) is 0 Å². The van der Waals surface area contributed by atoms with Gasteiger partial charge in [-0.25, -0.2) is 0 Å². The monoisotopic (exact) mass is 151 g/mol. The van der Waals surface area contributed by atoms with Crippen LogP contribution in [0.4, 0.5) is 0 Å². The summed E-state index contributed by atoms with van der Waals surface area (Å²) < 4.78 is 0. The second-order valence-corrected chi connectivity index (χ2v) is 2.44. The molecule has 0 amide bonds. The summed E-state index contributed by atoms with van der Waals surface area (Å²) >= 11 is 0. The Hall–Kier alpha value is -0.850. The zero-order chi connectivity index (χ0) is 8.53. The summed E-state index contributed by atoms with van der Waals surface area (Å²) in [6.45, 7) is 6.17. The lowest BCUT2D eigenvalue weighted by Crippen LogP contribution is -1.71. The molecule has 0 unspecified atom stereocenters. The molecular weight excluding hydrogens is 134 g/mol. The van der Waals surface area contributed by atoms with E-state index >= 15 is 0 Å². The van der Waals surface area contributed by atoms with E-state index in [9.17, 15) is 0 Å². The van der Waals surface area contributed by atoms with E-state index in [1.54, 1.807) is 0 Å². The highest BCUT2D eigenvalue weighted by Gasteiger charge is 1.79. The molecule has 11 heavy (non-hydrogen) atoms. The molecule has 0 N–H and O–H groups in total. The molecule has 0 bridgehead atoms. The normalized spacial score (nSPS) is 13.5. The Balaban J connectivity index is 3.74. The lowest BCUT2D eigenvalue weighted by atomic mass is 10.3. The Kier molecular flexibility index (Phi) is 6.70. The van der Waals surface area contributed by atoms with Crippen LogP contribution in [0.1, 0.15) is 33.6 Å². The topological polar surface area (TPSA) is 12.4 Å². The van der Waals surface area contributed by atoms with Gasteiger partial charge < -0.3 is 0 Å². The van der Waals surface area contributed by atoms with Gasteiger partial charge in [0.15, 0.2) is 0 Å². The molecule has 62 valence electrons. The maximum atomic E-state index is 4.20. The zero-order valence-electron chi connectivity index (χ0n) is 7.67. The van der Waals surface area contributed by atoms with Crippen molar-refractivity contribution >= 4 is 6.21 Å². The van der Waals surface area contributed by atoms with Crippen molar-refractivity contribution in [3.63, 3.8) is 0 Å². The molecule has 0 heterocycles. The van der Waals surface area contributed by atoms with Crippen LogP contribution in [0.15, 0.2) is 28.9 Å². The van der Waals surface area contributed by atoms with Crippen LogP contribution in [-0.4, -0.2) is 6.21 Å². The minimum atomic E-state index is 1.10. The second-order valence-electron chi connectivity index (χ2n) is 2.44. The SMILES string of the molecule is C\C=C/C=N/C(C)=C/CCC. The Morgan fingerprint density at radius 2 is 2.18 bits per heavy atom. The van der Waals surface area contributed by atoms with Crippen LogP contribution >= 0.6 is 0 Å². The van der Waals surface area contributed by atoms with E-state index in [-0.39, 0.29) is 0 Å². The average Bonchev–Trinajstić information content (AvgIpc) is 2.01. The highest BCUT2D eigenvalue weighted by Crippen LogP contribution is 1.98. The Morgan fingerprint density at radius 1 is 1.45 bits per heavy atom. The van der Waals surface area contributed by atoms with Crippen LogP contribution in [0.5, 0.6) is 0 Å². The number of hydrogen-bond acceptors (Lipinski definition) is 1. The first-order valence-corrected chi connectivity index (χ1v) is 4.13. The maximum Gasteiger partial charge on any atom is 0.0332 e. The molecule has 0 radical (unpaired) electrons. The summed E-state index contributed by atoms with van der Waals surface area (Å²) in [4.78, 5) is 4.20. The van der Waals surface area contributed by atoms with Crippen LogP contribution in [0.2, 0.25) is 0 Å². The van der Waals surface area contributed by atoms with Crippen molar-refractivity contribution in [3.8, 4) is 0 Å². The maximum absolute atomic E-state index is 4.20. The van der Waals surface area contributed by atoms with Crippen LogP contribution in [0.25, 0.3) is 0 Å². The molecule has 0 atom stereocenters. The fourth-order valence-electron chi connectivity index (χ4n) is 0.653. The minimum Gasteiger partial charge on any atom is -0.262 e. The summed E-state index contributed by atoms with van der Waals surface area (Å²) in [5, 5.41) is 0. The second kappa shape index (κ2) is 7.26. The number of aliphatic imine (C=N–C) groups is 1. The van der Waals surface area contributed by atoms with Gasteiger partial charge in [0.2, 0.25) is 0 Å². The van der Waals surface area contributed by atoms with Gasteiger partial charge in [0.05, 0.1) is 0 Å². The van der Waals surface area contributed by atoms with Crippen molar-refractivity contribution in [2.45, 2.75) is 33.6 Å². The molecule has 0 saturated heterocycles. The lowest BCUT2D eigenvalue weighted by molar-refractivity contribution is 0.946. The van der Waals surface area contributed by atoms with Crippen LogP contribution in [-0.2, 0) is 0 Å². The molecule has 0 aromatic rings. The molecule has 0 fully saturated rings. The van der Waals surface area contributed by atoms with Gasteiger partial charge in [-0.05, 0) is 26.3 Å². The molecule has 0 aromatic carbocycles. The van der Waals surface area contributed by atoms with E-state index in [0.29, 0.717) is 0 Å². The zero-order valence-corrected chi connectivity index (χ0v) is 7.67. The molecule has 0 aliphatic carbocycles. The van der Waals surface area contributed by atoms with E-state index < -0.39 is 0 Å². The predicted octanol–water partition coefficient (Wildman–Crippen LogP) is 3.34. The van der Waals surface area contributed by atoms with Crippen molar-refractivity contribution in [3.05, 3.63) is 23.9 Å². The number of allylic oxidation sites excluding steroid dienone is 4. The summed E-state index contributed by atoms with van der Waals surface area (Å²) in [5.74, 6) is 0. The quantitative estimate of drug-likeness (QED) is 0.546. The summed E-state index contributed by atoms with van der Waals surface area (Å²) in [6.07, 6.45) is 10.2. The van der Waals surface area contributed by atoms with Gasteiger partial charge in [0, 0.05) is 11.9 Å². The average molecular weight is 151 g/mol. The van der Waals surface area contributed by atoms with Gasteiger partial charge in [-0.15, -0.1) is 0 Å². The fourth-order valence-corrected chi connectivity index (χ4v) is 0.653. The first-order valence-electron chi connectivity index (χ1n) is 4.13. The molecule has 1 heteroatoms. The third kappa shape index (κ3) is 7.04. The number of unbranched alkanes of at least 4 members (excludes halogenated alkanes) is 1. The van der Waals surface area contributed by atoms with Gasteiger partial charge in [0.25, 0.3) is 0 Å². The van der Waals surface area contributed by atoms with Crippen LogP contribution in [0, 0.1) is 0 Å². The molecule has 0 spiro atoms.